The van der Waals surface area contributed by atoms with E-state index in [4.69, 9.17) is 14.2 Å². The lowest BCUT2D eigenvalue weighted by molar-refractivity contribution is -0.305. The number of amides is 1. The summed E-state index contributed by atoms with van der Waals surface area (Å²) in [4.78, 5) is 26.5. The second-order valence-electron chi connectivity index (χ2n) is 22.8. The molecule has 1 aliphatic heterocycles. The summed E-state index contributed by atoms with van der Waals surface area (Å²) in [6, 6.07) is -1.03. The van der Waals surface area contributed by atoms with Crippen molar-refractivity contribution in [2.75, 3.05) is 13.2 Å². The number of ether oxygens (including phenoxy) is 3. The van der Waals surface area contributed by atoms with E-state index in [0.717, 1.165) is 83.5 Å². The van der Waals surface area contributed by atoms with Crippen molar-refractivity contribution >= 4 is 11.9 Å². The van der Waals surface area contributed by atoms with Gasteiger partial charge in [0.2, 0.25) is 5.91 Å². The van der Waals surface area contributed by atoms with E-state index in [2.05, 4.69) is 62.5 Å². The van der Waals surface area contributed by atoms with Gasteiger partial charge in [-0.3, -0.25) is 9.59 Å². The van der Waals surface area contributed by atoms with Gasteiger partial charge < -0.3 is 45.1 Å². The summed E-state index contributed by atoms with van der Waals surface area (Å²) in [6.45, 7) is 5.68. The van der Waals surface area contributed by atoms with Crippen molar-refractivity contribution in [3.8, 4) is 0 Å². The highest BCUT2D eigenvalue weighted by Gasteiger charge is 2.47. The minimum atomic E-state index is -1.62. The Morgan fingerprint density at radius 1 is 0.513 bits per heavy atom. The van der Waals surface area contributed by atoms with Crippen LogP contribution in [0.5, 0.6) is 0 Å². The molecule has 8 atom stereocenters. The molecule has 78 heavy (non-hydrogen) atoms. The molecule has 1 heterocycles. The van der Waals surface area contributed by atoms with Crippen molar-refractivity contribution < 1.29 is 49.3 Å². The Balaban J connectivity index is 2.58. The van der Waals surface area contributed by atoms with E-state index < -0.39 is 67.4 Å². The largest absolute Gasteiger partial charge is 0.454 e. The number of unbranched alkanes of at least 4 members (excludes halogenated alkanes) is 36. The Bertz CT molecular complexity index is 1450. The molecule has 1 aliphatic rings. The number of aliphatic hydroxyl groups is 5. The topological polar surface area (TPSA) is 175 Å². The number of carbonyl (C=O) groups excluding carboxylic acids is 2. The van der Waals surface area contributed by atoms with Gasteiger partial charge in [0.1, 0.15) is 24.4 Å². The van der Waals surface area contributed by atoms with Crippen molar-refractivity contribution in [1.82, 2.24) is 5.32 Å². The lowest BCUT2D eigenvalue weighted by Gasteiger charge is -2.41. The third kappa shape index (κ3) is 42.5. The fourth-order valence-electron chi connectivity index (χ4n) is 10.3. The molecular weight excluding hydrogens is 979 g/mol. The number of hydrogen-bond donors (Lipinski definition) is 6. The van der Waals surface area contributed by atoms with Gasteiger partial charge in [0, 0.05) is 6.42 Å². The standard InChI is InChI=1S/C67H123NO10/c1-4-7-10-13-16-19-22-24-26-27-28-29-30-31-32-33-34-35-36-39-42-45-48-51-54-60(71)66(75)68-58(59(70)53-50-47-44-41-38-21-18-15-12-9-6-3)57-76-67-65(64(74)63(73)61(56-69)77-67)78-62(72)55-52-49-46-43-40-37-25-23-20-17-14-11-8-5-2/h8,11,17,20,25,37,50,53,58-61,63-65,67,69-71,73-74H,4-7,9-10,12-16,18-19,21-24,26-36,38-49,51-52,54-57H2,1-3H3,(H,68,75)/b11-8+,20-17+,37-25+,53-50+. The zero-order valence-corrected chi connectivity index (χ0v) is 50.5. The van der Waals surface area contributed by atoms with Crippen LogP contribution in [0.4, 0.5) is 0 Å². The highest BCUT2D eigenvalue weighted by molar-refractivity contribution is 5.80. The van der Waals surface area contributed by atoms with Crippen LogP contribution in [0.1, 0.15) is 303 Å². The molecule has 0 radical (unpaired) electrons. The maximum absolute atomic E-state index is 13.4. The van der Waals surface area contributed by atoms with Gasteiger partial charge in [0.05, 0.1) is 25.4 Å². The van der Waals surface area contributed by atoms with Crippen LogP contribution in [0.2, 0.25) is 0 Å². The van der Waals surface area contributed by atoms with Gasteiger partial charge in [-0.1, -0.05) is 288 Å². The second-order valence-corrected chi connectivity index (χ2v) is 22.8. The van der Waals surface area contributed by atoms with E-state index >= 15 is 0 Å². The Labute approximate surface area is 478 Å². The molecule has 0 aliphatic carbocycles. The Morgan fingerprint density at radius 2 is 0.923 bits per heavy atom. The molecule has 11 heteroatoms. The molecule has 456 valence electrons. The highest BCUT2D eigenvalue weighted by atomic mass is 16.7. The van der Waals surface area contributed by atoms with Gasteiger partial charge in [0.15, 0.2) is 12.4 Å². The highest BCUT2D eigenvalue weighted by Crippen LogP contribution is 2.26. The molecule has 0 bridgehead atoms. The fraction of sp³-hybridized carbons (Fsp3) is 0.851. The van der Waals surface area contributed by atoms with Crippen molar-refractivity contribution in [1.29, 1.82) is 0 Å². The zero-order chi connectivity index (χ0) is 56.8. The van der Waals surface area contributed by atoms with E-state index in [1.807, 2.05) is 6.08 Å². The van der Waals surface area contributed by atoms with E-state index in [1.165, 1.54) is 173 Å². The van der Waals surface area contributed by atoms with Crippen LogP contribution in [-0.2, 0) is 23.8 Å². The first-order valence-electron chi connectivity index (χ1n) is 32.9. The van der Waals surface area contributed by atoms with Crippen LogP contribution >= 0.6 is 0 Å². The molecule has 0 aromatic heterocycles. The van der Waals surface area contributed by atoms with E-state index in [1.54, 1.807) is 6.08 Å². The monoisotopic (exact) mass is 1100 g/mol. The van der Waals surface area contributed by atoms with Gasteiger partial charge in [0.25, 0.3) is 0 Å². The molecule has 6 N–H and O–H groups in total. The summed E-state index contributed by atoms with van der Waals surface area (Å²) in [6.07, 6.45) is 57.4. The van der Waals surface area contributed by atoms with Gasteiger partial charge in [-0.15, -0.1) is 0 Å². The number of carbonyl (C=O) groups is 2. The second kappa shape index (κ2) is 55.2. The van der Waals surface area contributed by atoms with Crippen LogP contribution in [0.3, 0.4) is 0 Å². The average molecular weight is 1100 g/mol. The quantitative estimate of drug-likeness (QED) is 0.0195. The van der Waals surface area contributed by atoms with Crippen LogP contribution in [-0.4, -0.2) is 99.6 Å². The maximum atomic E-state index is 13.4. The molecule has 0 spiro atoms. The smallest absolute Gasteiger partial charge is 0.306 e. The first kappa shape index (κ1) is 73.6. The van der Waals surface area contributed by atoms with Crippen molar-refractivity contribution in [3.63, 3.8) is 0 Å². The number of rotatable bonds is 56. The minimum absolute atomic E-state index is 0.0985. The lowest BCUT2D eigenvalue weighted by Crippen LogP contribution is -2.61. The Kier molecular flexibility index (Phi) is 52.1. The number of hydrogen-bond acceptors (Lipinski definition) is 10. The first-order chi connectivity index (χ1) is 38.2. The third-order valence-electron chi connectivity index (χ3n) is 15.5. The van der Waals surface area contributed by atoms with Gasteiger partial charge in [-0.25, -0.2) is 0 Å². The Morgan fingerprint density at radius 3 is 1.38 bits per heavy atom. The molecule has 1 saturated heterocycles. The van der Waals surface area contributed by atoms with Crippen molar-refractivity contribution in [2.45, 2.75) is 352 Å². The predicted molar refractivity (Wildman–Crippen MR) is 324 cm³/mol. The number of aliphatic hydroxyl groups excluding tert-OH is 5. The normalized spacial score (nSPS) is 19.2. The predicted octanol–water partition coefficient (Wildman–Crippen LogP) is 16.0. The molecule has 1 fully saturated rings. The van der Waals surface area contributed by atoms with Crippen LogP contribution in [0.25, 0.3) is 0 Å². The molecule has 1 rings (SSSR count). The zero-order valence-electron chi connectivity index (χ0n) is 50.5. The maximum Gasteiger partial charge on any atom is 0.306 e. The van der Waals surface area contributed by atoms with Crippen LogP contribution < -0.4 is 5.32 Å². The van der Waals surface area contributed by atoms with E-state index in [0.29, 0.717) is 19.3 Å². The molecule has 0 aromatic rings. The molecule has 11 nitrogen and oxygen atoms in total. The summed E-state index contributed by atoms with van der Waals surface area (Å²) >= 11 is 0. The molecular formula is C67H123NO10. The third-order valence-corrected chi connectivity index (χ3v) is 15.5. The summed E-state index contributed by atoms with van der Waals surface area (Å²) in [5.74, 6) is -1.21. The summed E-state index contributed by atoms with van der Waals surface area (Å²) < 4.78 is 17.6. The molecule has 0 saturated carbocycles. The number of esters is 1. The SMILES string of the molecule is CC/C=C/C/C=C/C/C=C/CCCCCCC(=O)OC1C(OCC(NC(=O)C(O)CCCCCCCCCCCCCCCCCCCCCCCCCC)C(O)/C=C/CCCCCCCCCCC)OC(CO)C(O)C1O. The van der Waals surface area contributed by atoms with Crippen LogP contribution in [0.15, 0.2) is 48.6 Å². The van der Waals surface area contributed by atoms with Crippen molar-refractivity contribution in [3.05, 3.63) is 48.6 Å². The molecule has 1 amide bonds. The van der Waals surface area contributed by atoms with Crippen LogP contribution in [0, 0.1) is 0 Å². The number of allylic oxidation sites excluding steroid dienone is 7. The minimum Gasteiger partial charge on any atom is -0.454 e. The van der Waals surface area contributed by atoms with Gasteiger partial charge >= 0.3 is 5.97 Å². The summed E-state index contributed by atoms with van der Waals surface area (Å²) in [5.41, 5.74) is 0. The van der Waals surface area contributed by atoms with E-state index in [-0.39, 0.29) is 13.0 Å². The number of nitrogens with one attached hydrogen (secondary N) is 1. The lowest BCUT2D eigenvalue weighted by atomic mass is 9.99. The fourth-order valence-corrected chi connectivity index (χ4v) is 10.3. The first-order valence-corrected chi connectivity index (χ1v) is 32.9. The van der Waals surface area contributed by atoms with E-state index in [9.17, 15) is 35.1 Å². The Hall–Kier alpha value is -2.38. The summed E-state index contributed by atoms with van der Waals surface area (Å²) in [5, 5.41) is 57.0. The van der Waals surface area contributed by atoms with Crippen molar-refractivity contribution in [2.24, 2.45) is 0 Å². The van der Waals surface area contributed by atoms with Gasteiger partial charge in [-0.05, 0) is 57.8 Å². The molecule has 8 unspecified atom stereocenters. The average Bonchev–Trinajstić information content (AvgIpc) is 3.44. The van der Waals surface area contributed by atoms with Gasteiger partial charge in [-0.2, -0.15) is 0 Å². The molecule has 0 aromatic carbocycles. The summed E-state index contributed by atoms with van der Waals surface area (Å²) in [7, 11) is 0.